The zero-order chi connectivity index (χ0) is 19.8. The van der Waals surface area contributed by atoms with Gasteiger partial charge >= 0.3 is 11.9 Å². The van der Waals surface area contributed by atoms with Crippen LogP contribution in [-0.4, -0.2) is 48.9 Å². The lowest BCUT2D eigenvalue weighted by atomic mass is 10.0. The molecule has 0 aliphatic rings. The van der Waals surface area contributed by atoms with Crippen molar-refractivity contribution in [2.75, 3.05) is 19.8 Å². The fraction of sp³-hybridized carbons (Fsp3) is 0.900. The highest BCUT2D eigenvalue weighted by molar-refractivity contribution is 5.75. The third-order valence-electron chi connectivity index (χ3n) is 4.11. The fourth-order valence-electron chi connectivity index (χ4n) is 2.84. The van der Waals surface area contributed by atoms with Gasteiger partial charge in [-0.2, -0.15) is 0 Å². The van der Waals surface area contributed by atoms with Crippen LogP contribution in [0.1, 0.15) is 79.1 Å². The van der Waals surface area contributed by atoms with E-state index in [4.69, 9.17) is 9.47 Å². The van der Waals surface area contributed by atoms with Crippen LogP contribution in [0.15, 0.2) is 0 Å². The maximum Gasteiger partial charge on any atom is 0.323 e. The number of aliphatic hydroxyl groups excluding tert-OH is 1. The Morgan fingerprint density at radius 1 is 0.962 bits per heavy atom. The number of aliphatic hydroxyl groups is 1. The number of nitrogens with one attached hydrogen (secondary N) is 1. The van der Waals surface area contributed by atoms with Gasteiger partial charge in [0.05, 0.1) is 19.3 Å². The van der Waals surface area contributed by atoms with Crippen LogP contribution in [0.25, 0.3) is 0 Å². The lowest BCUT2D eigenvalue weighted by Gasteiger charge is -2.19. The van der Waals surface area contributed by atoms with Crippen molar-refractivity contribution in [3.63, 3.8) is 0 Å². The number of unbranched alkanes of at least 4 members (excludes halogenated alkanes) is 3. The topological polar surface area (TPSA) is 84.9 Å². The minimum absolute atomic E-state index is 0.140. The molecule has 0 rings (SSSR count). The summed E-state index contributed by atoms with van der Waals surface area (Å²) in [6.45, 7) is 9.17. The van der Waals surface area contributed by atoms with Gasteiger partial charge < -0.3 is 19.9 Å². The summed E-state index contributed by atoms with van der Waals surface area (Å²) in [4.78, 5) is 23.3. The Labute approximate surface area is 159 Å². The van der Waals surface area contributed by atoms with Gasteiger partial charge in [-0.15, -0.1) is 0 Å². The van der Waals surface area contributed by atoms with Gasteiger partial charge in [0, 0.05) is 6.42 Å². The van der Waals surface area contributed by atoms with Gasteiger partial charge in [0.2, 0.25) is 0 Å². The number of ether oxygens (including phenoxy) is 2. The lowest BCUT2D eigenvalue weighted by Crippen LogP contribution is -2.39. The summed E-state index contributed by atoms with van der Waals surface area (Å²) in [6, 6.07) is -0.328. The van der Waals surface area contributed by atoms with E-state index in [1.807, 2.05) is 6.92 Å². The molecule has 0 heterocycles. The van der Waals surface area contributed by atoms with Gasteiger partial charge in [-0.25, -0.2) is 0 Å². The summed E-state index contributed by atoms with van der Waals surface area (Å²) in [5.41, 5.74) is 0. The molecule has 0 amide bonds. The van der Waals surface area contributed by atoms with Crippen LogP contribution in [0.5, 0.6) is 0 Å². The molecular weight excluding hydrogens is 334 g/mol. The summed E-state index contributed by atoms with van der Waals surface area (Å²) in [5, 5.41) is 13.2. The Bertz CT molecular complexity index is 373. The first-order valence-electron chi connectivity index (χ1n) is 10.1. The maximum absolute atomic E-state index is 12.1. The normalized spacial score (nSPS) is 13.5. The van der Waals surface area contributed by atoms with Crippen LogP contribution in [0.3, 0.4) is 0 Å². The van der Waals surface area contributed by atoms with Crippen molar-refractivity contribution in [3.05, 3.63) is 0 Å². The number of hydrogen-bond donors (Lipinski definition) is 2. The average molecular weight is 374 g/mol. The van der Waals surface area contributed by atoms with E-state index in [2.05, 4.69) is 19.2 Å². The van der Waals surface area contributed by atoms with Crippen LogP contribution in [0.4, 0.5) is 0 Å². The van der Waals surface area contributed by atoms with Gasteiger partial charge in [-0.05, 0) is 52.0 Å². The highest BCUT2D eigenvalue weighted by atomic mass is 16.5. The molecule has 2 unspecified atom stereocenters. The first kappa shape index (κ1) is 24.9. The molecular formula is C20H39NO5. The van der Waals surface area contributed by atoms with Crippen LogP contribution in [-0.2, 0) is 19.1 Å². The SMILES string of the molecule is CCOC(=O)CCCCCCC(NCCC(O)CC(C)C)C(=O)OCC. The molecule has 0 bridgehead atoms. The van der Waals surface area contributed by atoms with Crippen molar-refractivity contribution in [1.82, 2.24) is 5.32 Å². The molecule has 0 aromatic carbocycles. The monoisotopic (exact) mass is 373 g/mol. The standard InChI is InChI=1S/C20H39NO5/c1-5-25-19(23)12-10-8-7-9-11-18(20(24)26-6-2)21-14-13-17(22)15-16(3)4/h16-18,21-22H,5-15H2,1-4H3. The van der Waals surface area contributed by atoms with Crippen LogP contribution in [0, 0.1) is 5.92 Å². The van der Waals surface area contributed by atoms with Crippen molar-refractivity contribution in [2.24, 2.45) is 5.92 Å². The van der Waals surface area contributed by atoms with E-state index in [0.717, 1.165) is 32.1 Å². The minimum atomic E-state index is -0.340. The van der Waals surface area contributed by atoms with E-state index in [-0.39, 0.29) is 24.1 Å². The van der Waals surface area contributed by atoms with E-state index >= 15 is 0 Å². The number of carbonyl (C=O) groups is 2. The van der Waals surface area contributed by atoms with E-state index < -0.39 is 0 Å². The fourth-order valence-corrected chi connectivity index (χ4v) is 2.84. The van der Waals surface area contributed by atoms with Crippen molar-refractivity contribution in [3.8, 4) is 0 Å². The molecule has 0 spiro atoms. The Hall–Kier alpha value is -1.14. The van der Waals surface area contributed by atoms with Crippen molar-refractivity contribution in [1.29, 1.82) is 0 Å². The van der Waals surface area contributed by atoms with E-state index in [1.54, 1.807) is 6.92 Å². The average Bonchev–Trinajstić information content (AvgIpc) is 2.56. The summed E-state index contributed by atoms with van der Waals surface area (Å²) in [7, 11) is 0. The van der Waals surface area contributed by atoms with E-state index in [1.165, 1.54) is 0 Å². The van der Waals surface area contributed by atoms with Gasteiger partial charge in [0.25, 0.3) is 0 Å². The molecule has 0 saturated heterocycles. The first-order chi connectivity index (χ1) is 12.4. The molecule has 154 valence electrons. The van der Waals surface area contributed by atoms with Gasteiger partial charge in [-0.1, -0.05) is 33.1 Å². The zero-order valence-corrected chi connectivity index (χ0v) is 17.1. The van der Waals surface area contributed by atoms with Gasteiger partial charge in [0.15, 0.2) is 0 Å². The predicted octanol–water partition coefficient (Wildman–Crippen LogP) is 3.21. The molecule has 0 saturated carbocycles. The molecule has 0 aromatic rings. The Kier molecular flexibility index (Phi) is 15.4. The third kappa shape index (κ3) is 14.1. The second-order valence-corrected chi connectivity index (χ2v) is 7.09. The number of esters is 2. The summed E-state index contributed by atoms with van der Waals surface area (Å²) < 4.78 is 10.0. The third-order valence-corrected chi connectivity index (χ3v) is 4.11. The largest absolute Gasteiger partial charge is 0.466 e. The second kappa shape index (κ2) is 16.1. The Balaban J connectivity index is 4.04. The van der Waals surface area contributed by atoms with Crippen LogP contribution >= 0.6 is 0 Å². The molecule has 0 fully saturated rings. The molecule has 2 N–H and O–H groups in total. The summed E-state index contributed by atoms with van der Waals surface area (Å²) in [5.74, 6) is 0.0938. The molecule has 0 aromatic heterocycles. The van der Waals surface area contributed by atoms with Crippen LogP contribution < -0.4 is 5.32 Å². The Morgan fingerprint density at radius 2 is 1.62 bits per heavy atom. The van der Waals surface area contributed by atoms with Crippen LogP contribution in [0.2, 0.25) is 0 Å². The molecule has 0 aliphatic carbocycles. The Morgan fingerprint density at radius 3 is 2.23 bits per heavy atom. The minimum Gasteiger partial charge on any atom is -0.466 e. The molecule has 6 heteroatoms. The first-order valence-corrected chi connectivity index (χ1v) is 10.1. The maximum atomic E-state index is 12.1. The number of carbonyl (C=O) groups excluding carboxylic acids is 2. The quantitative estimate of drug-likeness (QED) is 0.319. The second-order valence-electron chi connectivity index (χ2n) is 7.09. The summed E-state index contributed by atoms with van der Waals surface area (Å²) in [6.07, 6.45) is 5.85. The summed E-state index contributed by atoms with van der Waals surface area (Å²) >= 11 is 0. The highest BCUT2D eigenvalue weighted by Crippen LogP contribution is 2.11. The molecule has 0 radical (unpaired) electrons. The smallest absolute Gasteiger partial charge is 0.323 e. The van der Waals surface area contributed by atoms with Crippen molar-refractivity contribution in [2.45, 2.75) is 91.2 Å². The van der Waals surface area contributed by atoms with Crippen molar-refractivity contribution >= 4 is 11.9 Å². The van der Waals surface area contributed by atoms with Gasteiger partial charge in [-0.3, -0.25) is 9.59 Å². The van der Waals surface area contributed by atoms with Gasteiger partial charge in [0.1, 0.15) is 6.04 Å². The molecule has 26 heavy (non-hydrogen) atoms. The predicted molar refractivity (Wildman–Crippen MR) is 103 cm³/mol. The zero-order valence-electron chi connectivity index (χ0n) is 17.1. The number of rotatable bonds is 16. The molecule has 2 atom stereocenters. The highest BCUT2D eigenvalue weighted by Gasteiger charge is 2.19. The number of hydrogen-bond acceptors (Lipinski definition) is 6. The van der Waals surface area contributed by atoms with Crippen molar-refractivity contribution < 1.29 is 24.2 Å². The van der Waals surface area contributed by atoms with E-state index in [9.17, 15) is 14.7 Å². The van der Waals surface area contributed by atoms with E-state index in [0.29, 0.717) is 44.9 Å². The lowest BCUT2D eigenvalue weighted by molar-refractivity contribution is -0.146. The molecule has 0 aliphatic heterocycles. The molecule has 6 nitrogen and oxygen atoms in total.